The normalized spacial score (nSPS) is 11.4. The number of halogens is 1. The zero-order valence-corrected chi connectivity index (χ0v) is 13.1. The van der Waals surface area contributed by atoms with Gasteiger partial charge in [0.2, 0.25) is 0 Å². The number of hydrogen-bond acceptors (Lipinski definition) is 4. The van der Waals surface area contributed by atoms with E-state index in [0.29, 0.717) is 6.45 Å². The predicted octanol–water partition coefficient (Wildman–Crippen LogP) is 3.08. The SMILES string of the molecule is Cc1ncc(CCOCCCCOPI)cn1. The van der Waals surface area contributed by atoms with Gasteiger partial charge in [0.25, 0.3) is 0 Å². The molecular formula is C11H18IN2O2P. The van der Waals surface area contributed by atoms with E-state index in [1.54, 1.807) is 0 Å². The first kappa shape index (κ1) is 15.2. The van der Waals surface area contributed by atoms with Crippen molar-refractivity contribution < 1.29 is 9.26 Å². The molecule has 0 aliphatic rings. The molecule has 17 heavy (non-hydrogen) atoms. The van der Waals surface area contributed by atoms with Crippen LogP contribution in [0.5, 0.6) is 0 Å². The van der Waals surface area contributed by atoms with Crippen molar-refractivity contribution in [3.05, 3.63) is 23.8 Å². The van der Waals surface area contributed by atoms with Gasteiger partial charge in [0.05, 0.1) is 19.7 Å². The Bertz CT molecular complexity index is 298. The minimum absolute atomic E-state index is 0.565. The molecule has 1 unspecified atom stereocenters. The summed E-state index contributed by atoms with van der Waals surface area (Å²) in [5.41, 5.74) is 1.13. The molecule has 0 aliphatic carbocycles. The monoisotopic (exact) mass is 368 g/mol. The molecule has 0 spiro atoms. The highest BCUT2D eigenvalue weighted by Gasteiger charge is 1.95. The largest absolute Gasteiger partial charge is 0.381 e. The molecule has 0 aromatic carbocycles. The summed E-state index contributed by atoms with van der Waals surface area (Å²) in [5, 5.41) is 0. The van der Waals surface area contributed by atoms with E-state index < -0.39 is 0 Å². The maximum absolute atomic E-state index is 5.54. The Labute approximate surface area is 117 Å². The van der Waals surface area contributed by atoms with Gasteiger partial charge in [-0.05, 0) is 53.8 Å². The number of nitrogens with zero attached hydrogens (tertiary/aromatic N) is 2. The Morgan fingerprint density at radius 3 is 2.59 bits per heavy atom. The van der Waals surface area contributed by atoms with Crippen LogP contribution in [0.2, 0.25) is 0 Å². The maximum Gasteiger partial charge on any atom is 0.125 e. The summed E-state index contributed by atoms with van der Waals surface area (Å²) in [6.07, 6.45) is 6.74. The van der Waals surface area contributed by atoms with E-state index in [1.807, 2.05) is 19.3 Å². The highest BCUT2D eigenvalue weighted by atomic mass is 127. The number of aryl methyl sites for hydroxylation is 1. The van der Waals surface area contributed by atoms with E-state index in [4.69, 9.17) is 9.26 Å². The van der Waals surface area contributed by atoms with Crippen molar-refractivity contribution in [2.75, 3.05) is 19.8 Å². The Morgan fingerprint density at radius 1 is 1.18 bits per heavy atom. The lowest BCUT2D eigenvalue weighted by molar-refractivity contribution is 0.130. The molecule has 0 radical (unpaired) electrons. The average molecular weight is 368 g/mol. The molecule has 4 nitrogen and oxygen atoms in total. The molecule has 96 valence electrons. The van der Waals surface area contributed by atoms with E-state index in [1.165, 1.54) is 0 Å². The second-order valence-electron chi connectivity index (χ2n) is 3.63. The second-order valence-corrected chi connectivity index (χ2v) is 5.40. The van der Waals surface area contributed by atoms with Crippen LogP contribution in [0.25, 0.3) is 0 Å². The smallest absolute Gasteiger partial charge is 0.125 e. The van der Waals surface area contributed by atoms with Crippen LogP contribution in [0.3, 0.4) is 0 Å². The fourth-order valence-electron chi connectivity index (χ4n) is 1.26. The predicted molar refractivity (Wildman–Crippen MR) is 78.8 cm³/mol. The van der Waals surface area contributed by atoms with Crippen LogP contribution in [-0.2, 0) is 15.7 Å². The van der Waals surface area contributed by atoms with Crippen molar-refractivity contribution in [3.8, 4) is 0 Å². The first-order valence-electron chi connectivity index (χ1n) is 5.65. The van der Waals surface area contributed by atoms with Crippen molar-refractivity contribution in [2.45, 2.75) is 26.2 Å². The van der Waals surface area contributed by atoms with E-state index in [9.17, 15) is 0 Å². The van der Waals surface area contributed by atoms with Gasteiger partial charge in [-0.3, -0.25) is 0 Å². The van der Waals surface area contributed by atoms with E-state index in [-0.39, 0.29) is 0 Å². The summed E-state index contributed by atoms with van der Waals surface area (Å²) in [4.78, 5) is 8.29. The lowest BCUT2D eigenvalue weighted by Gasteiger charge is -2.04. The van der Waals surface area contributed by atoms with Gasteiger partial charge in [-0.1, -0.05) is 0 Å². The maximum atomic E-state index is 5.54. The van der Waals surface area contributed by atoms with Gasteiger partial charge in [0, 0.05) is 19.0 Å². The molecule has 1 rings (SSSR count). The van der Waals surface area contributed by atoms with Gasteiger partial charge in [0.15, 0.2) is 0 Å². The third-order valence-electron chi connectivity index (χ3n) is 2.21. The quantitative estimate of drug-likeness (QED) is 0.382. The summed E-state index contributed by atoms with van der Waals surface area (Å²) in [6, 6.07) is 0. The van der Waals surface area contributed by atoms with Gasteiger partial charge in [0.1, 0.15) is 5.82 Å². The molecule has 0 aliphatic heterocycles. The number of ether oxygens (including phenoxy) is 1. The Hall–Kier alpha value is 0.160. The van der Waals surface area contributed by atoms with Crippen molar-refractivity contribution >= 4 is 28.5 Å². The van der Waals surface area contributed by atoms with Crippen LogP contribution >= 0.6 is 28.5 Å². The first-order valence-corrected chi connectivity index (χ1v) is 9.68. The minimum Gasteiger partial charge on any atom is -0.381 e. The first-order chi connectivity index (χ1) is 8.33. The summed E-state index contributed by atoms with van der Waals surface area (Å²) < 4.78 is 10.8. The highest BCUT2D eigenvalue weighted by molar-refractivity contribution is 14.2. The third-order valence-corrected chi connectivity index (χ3v) is 3.46. The fraction of sp³-hybridized carbons (Fsp3) is 0.636. The number of hydrogen-bond donors (Lipinski definition) is 0. The van der Waals surface area contributed by atoms with Crippen molar-refractivity contribution in [3.63, 3.8) is 0 Å². The molecule has 1 atom stereocenters. The zero-order valence-electron chi connectivity index (χ0n) is 9.99. The standard InChI is InChI=1S/C11H18IN2O2P/c1-10-13-8-11(9-14-10)4-7-15-5-2-3-6-16-17-12/h8-9,17H,2-7H2,1H3. The highest BCUT2D eigenvalue weighted by Crippen LogP contribution is 2.21. The minimum atomic E-state index is 0.565. The van der Waals surface area contributed by atoms with E-state index >= 15 is 0 Å². The lowest BCUT2D eigenvalue weighted by Crippen LogP contribution is -2.02. The Kier molecular flexibility index (Phi) is 9.06. The number of unbranched alkanes of at least 4 members (excludes halogenated alkanes) is 1. The third kappa shape index (κ3) is 7.97. The van der Waals surface area contributed by atoms with Gasteiger partial charge in [-0.15, -0.1) is 0 Å². The molecule has 0 amide bonds. The van der Waals surface area contributed by atoms with E-state index in [2.05, 4.69) is 32.0 Å². The summed E-state index contributed by atoms with van der Waals surface area (Å²) >= 11 is 2.23. The Balaban J connectivity index is 1.95. The van der Waals surface area contributed by atoms with Crippen LogP contribution in [-0.4, -0.2) is 29.8 Å². The molecule has 0 bridgehead atoms. The molecule has 0 fully saturated rings. The summed E-state index contributed by atoms with van der Waals surface area (Å²) in [5.74, 6) is 0.811. The van der Waals surface area contributed by atoms with Crippen LogP contribution in [0.15, 0.2) is 12.4 Å². The second kappa shape index (κ2) is 10.1. The van der Waals surface area contributed by atoms with Crippen molar-refractivity contribution in [1.82, 2.24) is 9.97 Å². The van der Waals surface area contributed by atoms with E-state index in [0.717, 1.165) is 50.5 Å². The molecular weight excluding hydrogens is 350 g/mol. The van der Waals surface area contributed by atoms with Crippen LogP contribution in [0.4, 0.5) is 0 Å². The summed E-state index contributed by atoms with van der Waals surface area (Å²) in [6.45, 7) is 4.84. The Morgan fingerprint density at radius 2 is 1.88 bits per heavy atom. The van der Waals surface area contributed by atoms with Crippen LogP contribution < -0.4 is 0 Å². The molecule has 1 heterocycles. The van der Waals surface area contributed by atoms with Gasteiger partial charge in [-0.2, -0.15) is 0 Å². The van der Waals surface area contributed by atoms with Gasteiger partial charge in [-0.25, -0.2) is 9.97 Å². The topological polar surface area (TPSA) is 44.2 Å². The molecule has 1 aromatic heterocycles. The summed E-state index contributed by atoms with van der Waals surface area (Å²) in [7, 11) is 0. The number of rotatable bonds is 9. The van der Waals surface area contributed by atoms with Gasteiger partial charge < -0.3 is 9.26 Å². The molecule has 6 heteroatoms. The fourth-order valence-corrected chi connectivity index (χ4v) is 2.14. The van der Waals surface area contributed by atoms with Crippen molar-refractivity contribution in [1.29, 1.82) is 0 Å². The average Bonchev–Trinajstić information content (AvgIpc) is 2.35. The molecule has 0 saturated carbocycles. The van der Waals surface area contributed by atoms with Crippen LogP contribution in [0, 0.1) is 6.92 Å². The number of aromatic nitrogens is 2. The zero-order chi connectivity index (χ0) is 12.3. The molecule has 0 saturated heterocycles. The molecule has 1 aromatic rings. The molecule has 0 N–H and O–H groups in total. The van der Waals surface area contributed by atoms with Crippen molar-refractivity contribution in [2.24, 2.45) is 0 Å². The lowest BCUT2D eigenvalue weighted by atomic mass is 10.2. The van der Waals surface area contributed by atoms with Crippen LogP contribution in [0.1, 0.15) is 24.2 Å². The van der Waals surface area contributed by atoms with Gasteiger partial charge >= 0.3 is 0 Å².